The van der Waals surface area contributed by atoms with E-state index >= 15 is 0 Å². The van der Waals surface area contributed by atoms with Gasteiger partial charge in [-0.2, -0.15) is 0 Å². The summed E-state index contributed by atoms with van der Waals surface area (Å²) in [5, 5.41) is 41.9. The molecule has 0 bridgehead atoms. The van der Waals surface area contributed by atoms with Crippen LogP contribution in [-0.4, -0.2) is 49.3 Å². The van der Waals surface area contributed by atoms with Gasteiger partial charge in [0.1, 0.15) is 11.2 Å². The normalized spacial score (nSPS) is 31.6. The second kappa shape index (κ2) is 5.35. The van der Waals surface area contributed by atoms with E-state index in [0.717, 1.165) is 5.56 Å². The molecule has 0 aliphatic heterocycles. The van der Waals surface area contributed by atoms with Gasteiger partial charge in [0.15, 0.2) is 17.3 Å². The number of benzene rings is 1. The molecule has 1 aromatic rings. The first kappa shape index (κ1) is 17.6. The number of ketones is 2. The van der Waals surface area contributed by atoms with Crippen molar-refractivity contribution in [3.8, 4) is 0 Å². The van der Waals surface area contributed by atoms with Crippen LogP contribution < -0.4 is 5.73 Å². The summed E-state index contributed by atoms with van der Waals surface area (Å²) in [6.45, 7) is 0. The second-order valence-electron chi connectivity index (χ2n) is 7.24. The van der Waals surface area contributed by atoms with Crippen LogP contribution >= 0.6 is 0 Å². The standard InChI is InChI=1S/C19H17NO7/c20-17(24)13-15(22)12-6-11-9(7-18(12,25)19(26,27)16(13)23)5-8-3-1-2-4-10(8)14(11)21/h1-4,6,9,12,23,25-27H,5,7H2,(H2,20,24). The Bertz CT molecular complexity index is 974. The highest BCUT2D eigenvalue weighted by atomic mass is 16.5. The first-order valence-corrected chi connectivity index (χ1v) is 8.38. The van der Waals surface area contributed by atoms with Crippen LogP contribution in [0.25, 0.3) is 0 Å². The van der Waals surface area contributed by atoms with Crippen LogP contribution in [0.4, 0.5) is 0 Å². The molecule has 4 rings (SSSR count). The number of aliphatic hydroxyl groups excluding tert-OH is 1. The predicted molar refractivity (Wildman–Crippen MR) is 90.1 cm³/mol. The van der Waals surface area contributed by atoms with Crippen LogP contribution in [0, 0.1) is 11.8 Å². The maximum absolute atomic E-state index is 12.8. The average molecular weight is 371 g/mol. The highest BCUT2D eigenvalue weighted by Gasteiger charge is 2.66. The number of Topliss-reactive ketones (excluding diaryl/α,β-unsaturated/α-hetero) is 2. The molecule has 140 valence electrons. The Morgan fingerprint density at radius 2 is 1.81 bits per heavy atom. The van der Waals surface area contributed by atoms with Crippen molar-refractivity contribution < 1.29 is 34.8 Å². The zero-order chi connectivity index (χ0) is 19.7. The van der Waals surface area contributed by atoms with E-state index < -0.39 is 46.2 Å². The van der Waals surface area contributed by atoms with Crippen LogP contribution in [0.5, 0.6) is 0 Å². The Balaban J connectivity index is 1.90. The molecule has 3 aliphatic rings. The van der Waals surface area contributed by atoms with Crippen LogP contribution in [-0.2, 0) is 16.0 Å². The molecule has 0 saturated heterocycles. The van der Waals surface area contributed by atoms with Gasteiger partial charge in [-0.05, 0) is 24.3 Å². The molecule has 3 aliphatic carbocycles. The number of nitrogens with two attached hydrogens (primary N) is 1. The van der Waals surface area contributed by atoms with Gasteiger partial charge in [-0.3, -0.25) is 14.4 Å². The third-order valence-corrected chi connectivity index (χ3v) is 5.79. The zero-order valence-corrected chi connectivity index (χ0v) is 14.0. The number of hydrogen-bond donors (Lipinski definition) is 5. The Labute approximate surface area is 153 Å². The number of allylic oxidation sites excluding steroid dienone is 1. The summed E-state index contributed by atoms with van der Waals surface area (Å²) in [5.74, 6) is -9.56. The molecule has 1 amide bonds. The van der Waals surface area contributed by atoms with Gasteiger partial charge in [-0.15, -0.1) is 0 Å². The lowest BCUT2D eigenvalue weighted by atomic mass is 9.59. The number of amides is 1. The molecule has 6 N–H and O–H groups in total. The lowest BCUT2D eigenvalue weighted by Gasteiger charge is -2.50. The van der Waals surface area contributed by atoms with Crippen molar-refractivity contribution in [3.63, 3.8) is 0 Å². The first-order chi connectivity index (χ1) is 12.6. The molecular formula is C19H17NO7. The monoisotopic (exact) mass is 371 g/mol. The van der Waals surface area contributed by atoms with Crippen molar-refractivity contribution >= 4 is 17.5 Å². The Hall–Kier alpha value is -2.81. The molecule has 0 radical (unpaired) electrons. The predicted octanol–water partition coefficient (Wildman–Crippen LogP) is -0.720. The van der Waals surface area contributed by atoms with Gasteiger partial charge in [0.2, 0.25) is 0 Å². The fourth-order valence-corrected chi connectivity index (χ4v) is 4.39. The third kappa shape index (κ3) is 2.11. The molecule has 0 spiro atoms. The number of fused-ring (bicyclic) bond motifs is 3. The maximum Gasteiger partial charge on any atom is 0.255 e. The number of rotatable bonds is 1. The van der Waals surface area contributed by atoms with Crippen LogP contribution in [0.15, 0.2) is 47.2 Å². The molecule has 3 unspecified atom stereocenters. The summed E-state index contributed by atoms with van der Waals surface area (Å²) in [7, 11) is 0. The SMILES string of the molecule is NC(=O)C1=C(O)C(O)(O)C2(O)CC3Cc4ccccc4C(=O)C3=CC2C1=O. The zero-order valence-electron chi connectivity index (χ0n) is 14.0. The largest absolute Gasteiger partial charge is 0.506 e. The number of carbonyl (C=O) groups is 3. The van der Waals surface area contributed by atoms with E-state index in [0.29, 0.717) is 12.0 Å². The Morgan fingerprint density at radius 3 is 2.48 bits per heavy atom. The van der Waals surface area contributed by atoms with Crippen molar-refractivity contribution in [1.82, 2.24) is 0 Å². The van der Waals surface area contributed by atoms with E-state index in [4.69, 9.17) is 5.73 Å². The summed E-state index contributed by atoms with van der Waals surface area (Å²) in [6, 6.07) is 6.89. The van der Waals surface area contributed by atoms with Gasteiger partial charge in [0.05, 0.1) is 5.92 Å². The molecule has 0 saturated carbocycles. The van der Waals surface area contributed by atoms with Crippen molar-refractivity contribution in [1.29, 1.82) is 0 Å². The van der Waals surface area contributed by atoms with E-state index in [-0.39, 0.29) is 17.8 Å². The van der Waals surface area contributed by atoms with Crippen molar-refractivity contribution in [2.75, 3.05) is 0 Å². The topological polar surface area (TPSA) is 158 Å². The first-order valence-electron chi connectivity index (χ1n) is 8.38. The lowest BCUT2D eigenvalue weighted by Crippen LogP contribution is -2.67. The van der Waals surface area contributed by atoms with Gasteiger partial charge in [0.25, 0.3) is 11.7 Å². The summed E-state index contributed by atoms with van der Waals surface area (Å²) < 4.78 is 0. The summed E-state index contributed by atoms with van der Waals surface area (Å²) >= 11 is 0. The fourth-order valence-electron chi connectivity index (χ4n) is 4.39. The molecule has 0 fully saturated rings. The third-order valence-electron chi connectivity index (χ3n) is 5.79. The average Bonchev–Trinajstić information content (AvgIpc) is 2.60. The van der Waals surface area contributed by atoms with Gasteiger partial charge < -0.3 is 26.2 Å². The molecule has 0 heterocycles. The van der Waals surface area contributed by atoms with Crippen molar-refractivity contribution in [2.45, 2.75) is 24.2 Å². The second-order valence-corrected chi connectivity index (χ2v) is 7.24. The van der Waals surface area contributed by atoms with E-state index in [9.17, 15) is 34.8 Å². The van der Waals surface area contributed by atoms with Crippen LogP contribution in [0.1, 0.15) is 22.3 Å². The Morgan fingerprint density at radius 1 is 1.15 bits per heavy atom. The highest BCUT2D eigenvalue weighted by Crippen LogP contribution is 2.51. The summed E-state index contributed by atoms with van der Waals surface area (Å²) in [5.41, 5.74) is 3.07. The Kier molecular flexibility index (Phi) is 3.49. The molecule has 0 aromatic heterocycles. The number of hydrogen-bond acceptors (Lipinski definition) is 7. The van der Waals surface area contributed by atoms with Gasteiger partial charge in [-0.25, -0.2) is 0 Å². The quantitative estimate of drug-likeness (QED) is 0.322. The van der Waals surface area contributed by atoms with Gasteiger partial charge >= 0.3 is 0 Å². The molecule has 8 heteroatoms. The number of primary amides is 1. The molecule has 27 heavy (non-hydrogen) atoms. The molecule has 1 aromatic carbocycles. The van der Waals surface area contributed by atoms with E-state index in [2.05, 4.69) is 0 Å². The van der Waals surface area contributed by atoms with E-state index in [1.165, 1.54) is 6.08 Å². The summed E-state index contributed by atoms with van der Waals surface area (Å²) in [6.07, 6.45) is 1.16. The number of carbonyl (C=O) groups excluding carboxylic acids is 3. The number of aliphatic hydroxyl groups is 4. The smallest absolute Gasteiger partial charge is 0.255 e. The van der Waals surface area contributed by atoms with Crippen LogP contribution in [0.2, 0.25) is 0 Å². The molecule has 8 nitrogen and oxygen atoms in total. The minimum absolute atomic E-state index is 0.262. The van der Waals surface area contributed by atoms with E-state index in [1.807, 2.05) is 0 Å². The summed E-state index contributed by atoms with van der Waals surface area (Å²) in [4.78, 5) is 37.1. The van der Waals surface area contributed by atoms with Crippen molar-refractivity contribution in [2.24, 2.45) is 17.6 Å². The van der Waals surface area contributed by atoms with Crippen LogP contribution in [0.3, 0.4) is 0 Å². The molecular weight excluding hydrogens is 354 g/mol. The lowest BCUT2D eigenvalue weighted by molar-refractivity contribution is -0.285. The maximum atomic E-state index is 12.8. The van der Waals surface area contributed by atoms with Gasteiger partial charge in [0, 0.05) is 11.1 Å². The highest BCUT2D eigenvalue weighted by molar-refractivity contribution is 6.22. The molecule has 3 atom stereocenters. The minimum atomic E-state index is -3.27. The minimum Gasteiger partial charge on any atom is -0.506 e. The van der Waals surface area contributed by atoms with Gasteiger partial charge in [-0.1, -0.05) is 30.3 Å². The van der Waals surface area contributed by atoms with Crippen molar-refractivity contribution in [3.05, 3.63) is 58.4 Å². The van der Waals surface area contributed by atoms with E-state index in [1.54, 1.807) is 24.3 Å². The fraction of sp³-hybridized carbons (Fsp3) is 0.316.